The van der Waals surface area contributed by atoms with E-state index in [9.17, 15) is 0 Å². The van der Waals surface area contributed by atoms with Crippen molar-refractivity contribution in [1.29, 1.82) is 0 Å². The van der Waals surface area contributed by atoms with Crippen LogP contribution in [0.15, 0.2) is 16.8 Å². The fourth-order valence-electron chi connectivity index (χ4n) is 2.63. The molecule has 2 unspecified atom stereocenters. The number of nitrogens with one attached hydrogen (secondary N) is 1. The van der Waals surface area contributed by atoms with Crippen LogP contribution in [0.25, 0.3) is 0 Å². The van der Waals surface area contributed by atoms with Crippen molar-refractivity contribution in [1.82, 2.24) is 15.1 Å². The molecular formula is C14H25N3S. The number of likely N-dealkylation sites (N-methyl/N-ethyl adjacent to an activating group) is 2. The van der Waals surface area contributed by atoms with E-state index in [1.165, 1.54) is 18.5 Å². The van der Waals surface area contributed by atoms with Crippen LogP contribution in [0.3, 0.4) is 0 Å². The number of piperazine rings is 1. The first-order valence-electron chi connectivity index (χ1n) is 6.86. The van der Waals surface area contributed by atoms with E-state index >= 15 is 0 Å². The van der Waals surface area contributed by atoms with Crippen LogP contribution in [0.5, 0.6) is 0 Å². The van der Waals surface area contributed by atoms with Crippen molar-refractivity contribution in [2.24, 2.45) is 0 Å². The number of rotatable bonds is 5. The third-order valence-corrected chi connectivity index (χ3v) is 4.50. The lowest BCUT2D eigenvalue weighted by molar-refractivity contribution is 0.0877. The van der Waals surface area contributed by atoms with Gasteiger partial charge >= 0.3 is 0 Å². The first-order valence-corrected chi connectivity index (χ1v) is 7.81. The molecule has 1 fully saturated rings. The van der Waals surface area contributed by atoms with Gasteiger partial charge in [-0.1, -0.05) is 6.92 Å². The van der Waals surface area contributed by atoms with Crippen molar-refractivity contribution < 1.29 is 0 Å². The summed E-state index contributed by atoms with van der Waals surface area (Å²) in [4.78, 5) is 4.95. The summed E-state index contributed by atoms with van der Waals surface area (Å²) in [7, 11) is 4.48. The van der Waals surface area contributed by atoms with Gasteiger partial charge in [0.15, 0.2) is 0 Å². The van der Waals surface area contributed by atoms with Gasteiger partial charge in [-0.3, -0.25) is 4.90 Å². The Morgan fingerprint density at radius 2 is 2.28 bits per heavy atom. The van der Waals surface area contributed by atoms with Crippen LogP contribution in [0.4, 0.5) is 0 Å². The van der Waals surface area contributed by atoms with E-state index in [1.807, 2.05) is 0 Å². The van der Waals surface area contributed by atoms with E-state index in [-0.39, 0.29) is 0 Å². The molecule has 1 aliphatic rings. The van der Waals surface area contributed by atoms with Gasteiger partial charge in [-0.15, -0.1) is 0 Å². The summed E-state index contributed by atoms with van der Waals surface area (Å²) in [6.45, 7) is 6.81. The molecular weight excluding hydrogens is 242 g/mol. The SMILES string of the molecule is CCCNC(c1ccsc1)C1CN(C)CCN1C. The Labute approximate surface area is 115 Å². The summed E-state index contributed by atoms with van der Waals surface area (Å²) >= 11 is 1.80. The third kappa shape index (κ3) is 3.32. The first-order chi connectivity index (χ1) is 8.72. The zero-order valence-electron chi connectivity index (χ0n) is 11.7. The number of thiophene rings is 1. The standard InChI is InChI=1S/C14H25N3S/c1-4-6-15-14(12-5-9-18-11-12)13-10-16(2)7-8-17(13)3/h5,9,11,13-15H,4,6-8,10H2,1-3H3. The average Bonchev–Trinajstić information content (AvgIpc) is 2.88. The Balaban J connectivity index is 2.11. The molecule has 1 N–H and O–H groups in total. The molecule has 1 aromatic heterocycles. The molecule has 18 heavy (non-hydrogen) atoms. The molecule has 1 aliphatic heterocycles. The van der Waals surface area contributed by atoms with Crippen molar-refractivity contribution in [3.8, 4) is 0 Å². The highest BCUT2D eigenvalue weighted by molar-refractivity contribution is 7.07. The molecule has 1 aromatic rings. The molecule has 0 bridgehead atoms. The molecule has 3 nitrogen and oxygen atoms in total. The summed E-state index contributed by atoms with van der Waals surface area (Å²) in [6, 6.07) is 3.30. The lowest BCUT2D eigenvalue weighted by Crippen LogP contribution is -2.55. The second kappa shape index (κ2) is 6.66. The van der Waals surface area contributed by atoms with Gasteiger partial charge in [-0.05, 0) is 49.5 Å². The largest absolute Gasteiger partial charge is 0.309 e. The van der Waals surface area contributed by atoms with Crippen molar-refractivity contribution in [2.45, 2.75) is 25.4 Å². The highest BCUT2D eigenvalue weighted by Gasteiger charge is 2.30. The molecule has 2 heterocycles. The monoisotopic (exact) mass is 267 g/mol. The van der Waals surface area contributed by atoms with E-state index in [0.29, 0.717) is 12.1 Å². The van der Waals surface area contributed by atoms with Crippen LogP contribution in [0, 0.1) is 0 Å². The van der Waals surface area contributed by atoms with E-state index in [1.54, 1.807) is 11.3 Å². The molecule has 102 valence electrons. The molecule has 0 saturated carbocycles. The van der Waals surface area contributed by atoms with Gasteiger partial charge < -0.3 is 10.2 Å². The second-order valence-corrected chi connectivity index (χ2v) is 6.08. The fourth-order valence-corrected chi connectivity index (χ4v) is 3.33. The summed E-state index contributed by atoms with van der Waals surface area (Å²) in [6.07, 6.45) is 1.19. The van der Waals surface area contributed by atoms with Crippen LogP contribution >= 0.6 is 11.3 Å². The van der Waals surface area contributed by atoms with Gasteiger partial charge in [-0.25, -0.2) is 0 Å². The summed E-state index contributed by atoms with van der Waals surface area (Å²) in [5, 5.41) is 8.20. The summed E-state index contributed by atoms with van der Waals surface area (Å²) in [5.41, 5.74) is 1.45. The topological polar surface area (TPSA) is 18.5 Å². The Kier molecular flexibility index (Phi) is 5.18. The minimum absolute atomic E-state index is 0.462. The van der Waals surface area contributed by atoms with Crippen LogP contribution < -0.4 is 5.32 Å². The Hall–Kier alpha value is -0.420. The zero-order chi connectivity index (χ0) is 13.0. The Bertz CT molecular complexity index is 339. The quantitative estimate of drug-likeness (QED) is 0.881. The highest BCUT2D eigenvalue weighted by atomic mass is 32.1. The van der Waals surface area contributed by atoms with E-state index < -0.39 is 0 Å². The number of hydrogen-bond donors (Lipinski definition) is 1. The predicted molar refractivity (Wildman–Crippen MR) is 79.3 cm³/mol. The molecule has 1 saturated heterocycles. The van der Waals surface area contributed by atoms with Crippen LogP contribution in [0.1, 0.15) is 24.9 Å². The second-order valence-electron chi connectivity index (χ2n) is 5.30. The predicted octanol–water partition coefficient (Wildman–Crippen LogP) is 2.03. The lowest BCUT2D eigenvalue weighted by Gasteiger charge is -2.42. The molecule has 0 aromatic carbocycles. The molecule has 2 atom stereocenters. The van der Waals surface area contributed by atoms with Crippen molar-refractivity contribution in [2.75, 3.05) is 40.3 Å². The fraction of sp³-hybridized carbons (Fsp3) is 0.714. The number of nitrogens with zero attached hydrogens (tertiary/aromatic N) is 2. The minimum atomic E-state index is 0.462. The minimum Gasteiger partial charge on any atom is -0.309 e. The molecule has 0 radical (unpaired) electrons. The normalized spacial score (nSPS) is 24.3. The first kappa shape index (κ1) is 14.0. The third-order valence-electron chi connectivity index (χ3n) is 3.80. The Morgan fingerprint density at radius 1 is 1.44 bits per heavy atom. The average molecular weight is 267 g/mol. The van der Waals surface area contributed by atoms with Gasteiger partial charge in [-0.2, -0.15) is 11.3 Å². The van der Waals surface area contributed by atoms with Crippen LogP contribution in [-0.4, -0.2) is 56.1 Å². The van der Waals surface area contributed by atoms with E-state index in [4.69, 9.17) is 0 Å². The van der Waals surface area contributed by atoms with Gasteiger partial charge in [0.05, 0.1) is 0 Å². The maximum absolute atomic E-state index is 3.73. The van der Waals surface area contributed by atoms with Crippen LogP contribution in [-0.2, 0) is 0 Å². The molecule has 2 rings (SSSR count). The molecule has 4 heteroatoms. The maximum atomic E-state index is 3.73. The van der Waals surface area contributed by atoms with Gasteiger partial charge in [0.25, 0.3) is 0 Å². The van der Waals surface area contributed by atoms with Gasteiger partial charge in [0.1, 0.15) is 0 Å². The Morgan fingerprint density at radius 3 is 2.94 bits per heavy atom. The summed E-state index contributed by atoms with van der Waals surface area (Å²) in [5.74, 6) is 0. The van der Waals surface area contributed by atoms with Crippen molar-refractivity contribution in [3.05, 3.63) is 22.4 Å². The van der Waals surface area contributed by atoms with Gasteiger partial charge in [0, 0.05) is 31.7 Å². The molecule has 0 amide bonds. The smallest absolute Gasteiger partial charge is 0.0498 e. The van der Waals surface area contributed by atoms with Crippen molar-refractivity contribution in [3.63, 3.8) is 0 Å². The highest BCUT2D eigenvalue weighted by Crippen LogP contribution is 2.25. The van der Waals surface area contributed by atoms with Gasteiger partial charge in [0.2, 0.25) is 0 Å². The zero-order valence-corrected chi connectivity index (χ0v) is 12.5. The van der Waals surface area contributed by atoms with E-state index in [2.05, 4.69) is 53.0 Å². The van der Waals surface area contributed by atoms with Crippen molar-refractivity contribution >= 4 is 11.3 Å². The molecule has 0 aliphatic carbocycles. The molecule has 0 spiro atoms. The summed E-state index contributed by atoms with van der Waals surface area (Å²) < 4.78 is 0. The van der Waals surface area contributed by atoms with E-state index in [0.717, 1.165) is 19.6 Å². The number of hydrogen-bond acceptors (Lipinski definition) is 4. The van der Waals surface area contributed by atoms with Crippen LogP contribution in [0.2, 0.25) is 0 Å². The maximum Gasteiger partial charge on any atom is 0.0498 e. The lowest BCUT2D eigenvalue weighted by atomic mass is 9.98.